The van der Waals surface area contributed by atoms with Crippen LogP contribution < -0.4 is 0 Å². The first kappa shape index (κ1) is 14.1. The number of halogens is 1. The molecular formula is C14H16BrNO3. The Labute approximate surface area is 120 Å². The molecule has 1 aliphatic heterocycles. The highest BCUT2D eigenvalue weighted by molar-refractivity contribution is 9.10. The molecule has 1 aliphatic rings. The van der Waals surface area contributed by atoms with Crippen LogP contribution in [0.2, 0.25) is 0 Å². The maximum absolute atomic E-state index is 12.1. The summed E-state index contributed by atoms with van der Waals surface area (Å²) >= 11 is 3.39. The second kappa shape index (κ2) is 6.19. The summed E-state index contributed by atoms with van der Waals surface area (Å²) in [6.45, 7) is 0.564. The number of carboxylic acid groups (broad SMARTS) is 1. The lowest BCUT2D eigenvalue weighted by Gasteiger charge is -2.21. The highest BCUT2D eigenvalue weighted by Crippen LogP contribution is 2.19. The first-order valence-electron chi connectivity index (χ1n) is 6.34. The van der Waals surface area contributed by atoms with E-state index in [1.807, 2.05) is 24.3 Å². The number of hydrogen-bond donors (Lipinski definition) is 1. The van der Waals surface area contributed by atoms with Crippen molar-refractivity contribution < 1.29 is 14.7 Å². The molecule has 2 rings (SSSR count). The predicted molar refractivity (Wildman–Crippen MR) is 74.8 cm³/mol. The molecule has 1 amide bonds. The predicted octanol–water partition coefficient (Wildman–Crippen LogP) is 2.46. The molecule has 5 heteroatoms. The van der Waals surface area contributed by atoms with Crippen LogP contribution in [0.4, 0.5) is 0 Å². The Morgan fingerprint density at radius 3 is 2.89 bits per heavy atom. The van der Waals surface area contributed by atoms with Crippen LogP contribution in [0.1, 0.15) is 24.8 Å². The highest BCUT2D eigenvalue weighted by atomic mass is 79.9. The van der Waals surface area contributed by atoms with Gasteiger partial charge < -0.3 is 10.0 Å². The summed E-state index contributed by atoms with van der Waals surface area (Å²) in [7, 11) is 0. The lowest BCUT2D eigenvalue weighted by Crippen LogP contribution is -2.40. The Balaban J connectivity index is 1.92. The molecule has 1 saturated heterocycles. The molecular weight excluding hydrogens is 310 g/mol. The van der Waals surface area contributed by atoms with Crippen molar-refractivity contribution in [2.75, 3.05) is 6.54 Å². The van der Waals surface area contributed by atoms with Crippen molar-refractivity contribution in [3.05, 3.63) is 34.3 Å². The Morgan fingerprint density at radius 1 is 1.42 bits per heavy atom. The smallest absolute Gasteiger partial charge is 0.326 e. The lowest BCUT2D eigenvalue weighted by atomic mass is 10.1. The summed E-state index contributed by atoms with van der Waals surface area (Å²) in [5.41, 5.74) is 1.08. The monoisotopic (exact) mass is 325 g/mol. The lowest BCUT2D eigenvalue weighted by molar-refractivity contribution is -0.148. The van der Waals surface area contributed by atoms with Crippen molar-refractivity contribution >= 4 is 27.8 Å². The number of aliphatic carboxylic acids is 1. The van der Waals surface area contributed by atoms with Gasteiger partial charge in [-0.25, -0.2) is 4.79 Å². The third kappa shape index (κ3) is 3.56. The summed E-state index contributed by atoms with van der Waals surface area (Å²) in [4.78, 5) is 24.6. The summed E-state index contributed by atoms with van der Waals surface area (Å²) in [6.07, 6.45) is 2.35. The molecule has 0 radical (unpaired) electrons. The molecule has 102 valence electrons. The van der Waals surface area contributed by atoms with Crippen molar-refractivity contribution in [3.8, 4) is 0 Å². The third-order valence-corrected chi connectivity index (χ3v) is 3.87. The third-order valence-electron chi connectivity index (χ3n) is 3.37. The van der Waals surface area contributed by atoms with Crippen LogP contribution in [0.3, 0.4) is 0 Å². The van der Waals surface area contributed by atoms with Gasteiger partial charge in [-0.15, -0.1) is 0 Å². The summed E-state index contributed by atoms with van der Waals surface area (Å²) < 4.78 is 0.988. The van der Waals surface area contributed by atoms with Gasteiger partial charge in [0.25, 0.3) is 0 Å². The Hall–Kier alpha value is -1.36. The number of carbonyl (C=O) groups excluding carboxylic acids is 1. The number of likely N-dealkylation sites (tertiary alicyclic amines) is 1. The Bertz CT molecular complexity index is 489. The van der Waals surface area contributed by atoms with Gasteiger partial charge in [0.15, 0.2) is 0 Å². The second-order valence-corrected chi connectivity index (χ2v) is 5.63. The molecule has 0 aromatic heterocycles. The van der Waals surface area contributed by atoms with Crippen molar-refractivity contribution in [2.24, 2.45) is 0 Å². The zero-order valence-electron chi connectivity index (χ0n) is 10.5. The van der Waals surface area contributed by atoms with Gasteiger partial charge in [0, 0.05) is 17.4 Å². The molecule has 19 heavy (non-hydrogen) atoms. The molecule has 1 aromatic rings. The van der Waals surface area contributed by atoms with Gasteiger partial charge in [0.2, 0.25) is 5.91 Å². The van der Waals surface area contributed by atoms with Crippen molar-refractivity contribution in [1.29, 1.82) is 0 Å². The zero-order chi connectivity index (χ0) is 13.8. The molecule has 0 spiro atoms. The van der Waals surface area contributed by atoms with E-state index in [1.165, 1.54) is 4.90 Å². The van der Waals surface area contributed by atoms with Crippen molar-refractivity contribution in [2.45, 2.75) is 31.7 Å². The molecule has 1 heterocycles. The van der Waals surface area contributed by atoms with E-state index in [-0.39, 0.29) is 5.91 Å². The number of amides is 1. The zero-order valence-corrected chi connectivity index (χ0v) is 12.1. The van der Waals surface area contributed by atoms with E-state index < -0.39 is 12.0 Å². The second-order valence-electron chi connectivity index (χ2n) is 4.71. The summed E-state index contributed by atoms with van der Waals surface area (Å²) in [5, 5.41) is 9.05. The fourth-order valence-electron chi connectivity index (χ4n) is 2.41. The van der Waals surface area contributed by atoms with E-state index in [9.17, 15) is 9.59 Å². The topological polar surface area (TPSA) is 57.6 Å². The number of aryl methyl sites for hydroxylation is 1. The number of carboxylic acids is 1. The van der Waals surface area contributed by atoms with E-state index in [2.05, 4.69) is 15.9 Å². The molecule has 4 nitrogen and oxygen atoms in total. The number of rotatable bonds is 4. The largest absolute Gasteiger partial charge is 0.480 e. The standard InChI is InChI=1S/C14H16BrNO3/c15-11-4-1-3-10(9-11)6-7-13(17)16-8-2-5-12(16)14(18)19/h1,3-4,9,12H,2,5-8H2,(H,18,19). The molecule has 0 bridgehead atoms. The molecule has 1 atom stereocenters. The van der Waals surface area contributed by atoms with Gasteiger partial charge in [0.1, 0.15) is 6.04 Å². The van der Waals surface area contributed by atoms with Crippen LogP contribution >= 0.6 is 15.9 Å². The molecule has 0 saturated carbocycles. The average Bonchev–Trinajstić information content (AvgIpc) is 2.85. The van der Waals surface area contributed by atoms with E-state index in [4.69, 9.17) is 5.11 Å². The first-order valence-corrected chi connectivity index (χ1v) is 7.14. The molecule has 1 aromatic carbocycles. The van der Waals surface area contributed by atoms with Gasteiger partial charge in [-0.05, 0) is 37.0 Å². The van der Waals surface area contributed by atoms with Crippen molar-refractivity contribution in [1.82, 2.24) is 4.90 Å². The molecule has 1 unspecified atom stereocenters. The van der Waals surface area contributed by atoms with Crippen LogP contribution in [0.15, 0.2) is 28.7 Å². The quantitative estimate of drug-likeness (QED) is 0.925. The maximum atomic E-state index is 12.1. The van der Waals surface area contributed by atoms with Crippen LogP contribution in [0.25, 0.3) is 0 Å². The minimum atomic E-state index is -0.895. The maximum Gasteiger partial charge on any atom is 0.326 e. The SMILES string of the molecule is O=C(O)C1CCCN1C(=O)CCc1cccc(Br)c1. The minimum absolute atomic E-state index is 0.0649. The van der Waals surface area contributed by atoms with Gasteiger partial charge in [-0.2, -0.15) is 0 Å². The number of hydrogen-bond acceptors (Lipinski definition) is 2. The highest BCUT2D eigenvalue weighted by Gasteiger charge is 2.33. The van der Waals surface area contributed by atoms with Gasteiger partial charge >= 0.3 is 5.97 Å². The van der Waals surface area contributed by atoms with Crippen LogP contribution in [-0.2, 0) is 16.0 Å². The van der Waals surface area contributed by atoms with Gasteiger partial charge in [-0.3, -0.25) is 4.79 Å². The van der Waals surface area contributed by atoms with Gasteiger partial charge in [-0.1, -0.05) is 28.1 Å². The number of benzene rings is 1. The Kier molecular flexibility index (Phi) is 4.58. The van der Waals surface area contributed by atoms with E-state index in [0.29, 0.717) is 25.8 Å². The van der Waals surface area contributed by atoms with Crippen LogP contribution in [0, 0.1) is 0 Å². The van der Waals surface area contributed by atoms with Gasteiger partial charge in [0.05, 0.1) is 0 Å². The summed E-state index contributed by atoms with van der Waals surface area (Å²) in [5.74, 6) is -0.960. The van der Waals surface area contributed by atoms with Crippen LogP contribution in [0.5, 0.6) is 0 Å². The van der Waals surface area contributed by atoms with Crippen molar-refractivity contribution in [3.63, 3.8) is 0 Å². The minimum Gasteiger partial charge on any atom is -0.480 e. The number of nitrogens with zero attached hydrogens (tertiary/aromatic N) is 1. The number of carbonyl (C=O) groups is 2. The summed E-state index contributed by atoms with van der Waals surface area (Å²) in [6, 6.07) is 7.18. The fourth-order valence-corrected chi connectivity index (χ4v) is 2.86. The molecule has 1 fully saturated rings. The van der Waals surface area contributed by atoms with E-state index in [0.717, 1.165) is 16.5 Å². The van der Waals surface area contributed by atoms with E-state index >= 15 is 0 Å². The average molecular weight is 326 g/mol. The first-order chi connectivity index (χ1) is 9.08. The molecule has 0 aliphatic carbocycles. The normalized spacial score (nSPS) is 18.6. The van der Waals surface area contributed by atoms with E-state index in [1.54, 1.807) is 0 Å². The van der Waals surface area contributed by atoms with Crippen LogP contribution in [-0.4, -0.2) is 34.5 Å². The molecule has 1 N–H and O–H groups in total. The Morgan fingerprint density at radius 2 is 2.21 bits per heavy atom. The fraction of sp³-hybridized carbons (Fsp3) is 0.429.